The molecule has 0 fully saturated rings. The van der Waals surface area contributed by atoms with Crippen LogP contribution in [-0.2, 0) is 32.1 Å². The number of ether oxygens (including phenoxy) is 2. The van der Waals surface area contributed by atoms with Gasteiger partial charge in [0.15, 0.2) is 0 Å². The van der Waals surface area contributed by atoms with Crippen LogP contribution in [0.5, 0.6) is 0 Å². The van der Waals surface area contributed by atoms with E-state index in [1.807, 2.05) is 30.3 Å². The molecule has 0 saturated heterocycles. The van der Waals surface area contributed by atoms with Crippen molar-refractivity contribution in [3.05, 3.63) is 101 Å². The van der Waals surface area contributed by atoms with Crippen LogP contribution < -0.4 is 11.1 Å². The zero-order valence-electron chi connectivity index (χ0n) is 21.8. The summed E-state index contributed by atoms with van der Waals surface area (Å²) in [5.41, 5.74) is 8.60. The minimum Gasteiger partial charge on any atom is -0.459 e. The molecule has 2 unspecified atom stereocenters. The van der Waals surface area contributed by atoms with Gasteiger partial charge in [0.05, 0.1) is 11.5 Å². The van der Waals surface area contributed by atoms with Crippen LogP contribution in [0.25, 0.3) is 0 Å². The Balaban J connectivity index is 1.56. The molecule has 200 valence electrons. The first-order valence-corrected chi connectivity index (χ1v) is 13.0. The molecule has 3 rings (SSSR count). The number of carbonyl (C=O) groups excluding carboxylic acids is 3. The van der Waals surface area contributed by atoms with Crippen molar-refractivity contribution in [2.45, 2.75) is 45.4 Å². The van der Waals surface area contributed by atoms with Gasteiger partial charge in [0, 0.05) is 11.4 Å². The highest BCUT2D eigenvalue weighted by atomic mass is 32.1. The molecule has 38 heavy (non-hydrogen) atoms. The van der Waals surface area contributed by atoms with Gasteiger partial charge in [0.1, 0.15) is 18.2 Å². The first-order valence-electron chi connectivity index (χ1n) is 12.4. The summed E-state index contributed by atoms with van der Waals surface area (Å²) >= 11 is 4.35. The van der Waals surface area contributed by atoms with Crippen molar-refractivity contribution in [3.63, 3.8) is 0 Å². The third-order valence-corrected chi connectivity index (χ3v) is 6.09. The fourth-order valence-corrected chi connectivity index (χ4v) is 3.96. The smallest absolute Gasteiger partial charge is 0.338 e. The minimum absolute atomic E-state index is 0.0379. The predicted octanol–water partition coefficient (Wildman–Crippen LogP) is 5.11. The van der Waals surface area contributed by atoms with Crippen molar-refractivity contribution < 1.29 is 23.9 Å². The van der Waals surface area contributed by atoms with Crippen LogP contribution in [0.4, 0.5) is 5.69 Å². The Morgan fingerprint density at radius 1 is 0.921 bits per heavy atom. The number of thiol groups is 1. The standard InChI is InChI=1S/C30H34N2O5S/c1-30(2,3)37-29(35)26(31)22-14-12-21(13-15-22)18-36-28(34)23-10-7-11-25(17-23)32-27(33)24(19-38)16-20-8-5-4-6-9-20/h4-15,17,24,26,38H,16,18-19,31H2,1-3H3,(H,32,33). The number of benzene rings is 3. The Labute approximate surface area is 229 Å². The van der Waals surface area contributed by atoms with Crippen LogP contribution in [0.15, 0.2) is 78.9 Å². The number of hydrogen-bond donors (Lipinski definition) is 3. The molecule has 0 saturated carbocycles. The fourth-order valence-electron chi connectivity index (χ4n) is 3.66. The molecule has 0 aromatic heterocycles. The number of rotatable bonds is 10. The van der Waals surface area contributed by atoms with Gasteiger partial charge in [0.2, 0.25) is 5.91 Å². The van der Waals surface area contributed by atoms with E-state index in [9.17, 15) is 14.4 Å². The zero-order chi connectivity index (χ0) is 27.7. The second-order valence-corrected chi connectivity index (χ2v) is 10.3. The second-order valence-electron chi connectivity index (χ2n) is 9.97. The lowest BCUT2D eigenvalue weighted by molar-refractivity contribution is -0.156. The predicted molar refractivity (Wildman–Crippen MR) is 151 cm³/mol. The molecule has 0 spiro atoms. The van der Waals surface area contributed by atoms with E-state index in [1.54, 1.807) is 69.3 Å². The maximum atomic E-state index is 12.8. The van der Waals surface area contributed by atoms with Gasteiger partial charge in [-0.05, 0) is 62.1 Å². The van der Waals surface area contributed by atoms with Gasteiger partial charge in [-0.1, -0.05) is 60.7 Å². The Hall–Kier alpha value is -3.62. The molecule has 3 aromatic rings. The van der Waals surface area contributed by atoms with E-state index in [2.05, 4.69) is 17.9 Å². The van der Waals surface area contributed by atoms with Crippen LogP contribution >= 0.6 is 12.6 Å². The van der Waals surface area contributed by atoms with Gasteiger partial charge in [-0.3, -0.25) is 4.79 Å². The molecular formula is C30H34N2O5S. The molecule has 1 amide bonds. The van der Waals surface area contributed by atoms with Crippen LogP contribution in [-0.4, -0.2) is 29.2 Å². The molecule has 0 bridgehead atoms. The lowest BCUT2D eigenvalue weighted by Gasteiger charge is -2.22. The Bertz CT molecular complexity index is 1240. The second kappa shape index (κ2) is 13.3. The monoisotopic (exact) mass is 534 g/mol. The number of nitrogens with one attached hydrogen (secondary N) is 1. The summed E-state index contributed by atoms with van der Waals surface area (Å²) in [7, 11) is 0. The highest BCUT2D eigenvalue weighted by molar-refractivity contribution is 7.80. The average molecular weight is 535 g/mol. The van der Waals surface area contributed by atoms with Gasteiger partial charge in [-0.15, -0.1) is 0 Å². The summed E-state index contributed by atoms with van der Waals surface area (Å²) in [6, 6.07) is 22.4. The number of hydrogen-bond acceptors (Lipinski definition) is 7. The molecule has 0 aliphatic rings. The van der Waals surface area contributed by atoms with Crippen molar-refractivity contribution in [1.82, 2.24) is 0 Å². The summed E-state index contributed by atoms with van der Waals surface area (Å²) in [5, 5.41) is 2.88. The van der Waals surface area contributed by atoms with Crippen LogP contribution in [0, 0.1) is 5.92 Å². The highest BCUT2D eigenvalue weighted by Crippen LogP contribution is 2.19. The normalized spacial score (nSPS) is 12.8. The van der Waals surface area contributed by atoms with Crippen molar-refractivity contribution in [1.29, 1.82) is 0 Å². The molecule has 8 heteroatoms. The molecule has 0 aliphatic heterocycles. The molecule has 3 aromatic carbocycles. The first-order chi connectivity index (χ1) is 18.1. The molecule has 0 aliphatic carbocycles. The molecule has 0 heterocycles. The van der Waals surface area contributed by atoms with Crippen LogP contribution in [0.2, 0.25) is 0 Å². The number of carbonyl (C=O) groups is 3. The number of esters is 2. The Morgan fingerprint density at radius 3 is 2.24 bits per heavy atom. The Kier molecular flexibility index (Phi) is 10.1. The molecule has 0 radical (unpaired) electrons. The van der Waals surface area contributed by atoms with Gasteiger partial charge >= 0.3 is 11.9 Å². The molecular weight excluding hydrogens is 500 g/mol. The number of nitrogens with two attached hydrogens (primary N) is 1. The van der Waals surface area contributed by atoms with Gasteiger partial charge in [0.25, 0.3) is 0 Å². The van der Waals surface area contributed by atoms with E-state index >= 15 is 0 Å². The summed E-state index contributed by atoms with van der Waals surface area (Å²) in [4.78, 5) is 37.7. The van der Waals surface area contributed by atoms with Crippen molar-refractivity contribution in [3.8, 4) is 0 Å². The minimum atomic E-state index is -0.904. The van der Waals surface area contributed by atoms with E-state index in [-0.39, 0.29) is 18.4 Å². The van der Waals surface area contributed by atoms with E-state index in [0.29, 0.717) is 29.0 Å². The maximum absolute atomic E-state index is 12.8. The van der Waals surface area contributed by atoms with Crippen LogP contribution in [0.3, 0.4) is 0 Å². The largest absolute Gasteiger partial charge is 0.459 e. The lowest BCUT2D eigenvalue weighted by atomic mass is 10.00. The summed E-state index contributed by atoms with van der Waals surface area (Å²) < 4.78 is 10.8. The van der Waals surface area contributed by atoms with Crippen molar-refractivity contribution >= 4 is 36.2 Å². The third-order valence-electron chi connectivity index (χ3n) is 5.65. The maximum Gasteiger partial charge on any atom is 0.338 e. The molecule has 2 atom stereocenters. The quantitative estimate of drug-likeness (QED) is 0.246. The van der Waals surface area contributed by atoms with Crippen molar-refractivity contribution in [2.24, 2.45) is 11.7 Å². The van der Waals surface area contributed by atoms with Crippen LogP contribution in [0.1, 0.15) is 53.9 Å². The highest BCUT2D eigenvalue weighted by Gasteiger charge is 2.23. The van der Waals surface area contributed by atoms with E-state index in [1.165, 1.54) is 0 Å². The van der Waals surface area contributed by atoms with E-state index in [0.717, 1.165) is 11.1 Å². The van der Waals surface area contributed by atoms with E-state index in [4.69, 9.17) is 15.2 Å². The summed E-state index contributed by atoms with van der Waals surface area (Å²) in [5.74, 6) is -1.12. The third kappa shape index (κ3) is 8.75. The molecule has 7 nitrogen and oxygen atoms in total. The average Bonchev–Trinajstić information content (AvgIpc) is 2.90. The number of anilines is 1. The Morgan fingerprint density at radius 2 is 1.61 bits per heavy atom. The van der Waals surface area contributed by atoms with Gasteiger partial charge < -0.3 is 20.5 Å². The topological polar surface area (TPSA) is 108 Å². The van der Waals surface area contributed by atoms with E-state index < -0.39 is 23.6 Å². The SMILES string of the molecule is CC(C)(C)OC(=O)C(N)c1ccc(COC(=O)c2cccc(NC(=O)C(CS)Cc3ccccc3)c2)cc1. The summed E-state index contributed by atoms with van der Waals surface area (Å²) in [6.45, 7) is 5.38. The van der Waals surface area contributed by atoms with Gasteiger partial charge in [-0.25, -0.2) is 9.59 Å². The first kappa shape index (κ1) is 28.9. The lowest BCUT2D eigenvalue weighted by Crippen LogP contribution is -2.31. The number of amides is 1. The van der Waals surface area contributed by atoms with Gasteiger partial charge in [-0.2, -0.15) is 12.6 Å². The van der Waals surface area contributed by atoms with Crippen molar-refractivity contribution in [2.75, 3.05) is 11.1 Å². The fraction of sp³-hybridized carbons (Fsp3) is 0.300. The molecule has 3 N–H and O–H groups in total. The zero-order valence-corrected chi connectivity index (χ0v) is 22.7. The summed E-state index contributed by atoms with van der Waals surface area (Å²) in [6.07, 6.45) is 0.569.